The highest BCUT2D eigenvalue weighted by atomic mass is 32.2. The lowest BCUT2D eigenvalue weighted by molar-refractivity contribution is 0.567. The number of hydrogen-bond donors (Lipinski definition) is 1. The number of nitrogens with one attached hydrogen (secondary N) is 1. The minimum absolute atomic E-state index is 0.00308. The maximum Gasteiger partial charge on any atom is 0.154 e. The summed E-state index contributed by atoms with van der Waals surface area (Å²) in [6, 6.07) is 2.00. The number of anilines is 1. The minimum atomic E-state index is -2.88. The highest BCUT2D eigenvalue weighted by Gasteiger charge is 2.29. The number of nitrogens with zero attached hydrogens (tertiary/aromatic N) is 2. The van der Waals surface area contributed by atoms with Crippen LogP contribution in [-0.2, 0) is 16.4 Å². The Labute approximate surface area is 114 Å². The Bertz CT molecular complexity index is 530. The molecule has 0 amide bonds. The lowest BCUT2D eigenvalue weighted by Gasteiger charge is -2.36. The monoisotopic (exact) mass is 283 g/mol. The van der Waals surface area contributed by atoms with Crippen LogP contribution in [0.4, 0.5) is 5.69 Å². The van der Waals surface area contributed by atoms with Gasteiger partial charge in [-0.1, -0.05) is 6.92 Å². The summed E-state index contributed by atoms with van der Waals surface area (Å²) in [7, 11) is -2.88. The Morgan fingerprint density at radius 1 is 1.53 bits per heavy atom. The number of hydrogen-bond acceptors (Lipinski definition) is 5. The molecule has 1 saturated heterocycles. The molecule has 0 radical (unpaired) electrons. The van der Waals surface area contributed by atoms with Crippen LogP contribution in [0.15, 0.2) is 18.5 Å². The number of sulfone groups is 1. The summed E-state index contributed by atoms with van der Waals surface area (Å²) in [6.07, 6.45) is 3.61. The van der Waals surface area contributed by atoms with Crippen molar-refractivity contribution >= 4 is 15.5 Å². The quantitative estimate of drug-likeness (QED) is 0.886. The molecule has 0 bridgehead atoms. The first-order chi connectivity index (χ1) is 9.03. The van der Waals surface area contributed by atoms with Crippen LogP contribution in [0.1, 0.15) is 19.4 Å². The van der Waals surface area contributed by atoms with Gasteiger partial charge in [0.05, 0.1) is 23.4 Å². The van der Waals surface area contributed by atoms with Crippen molar-refractivity contribution in [2.45, 2.75) is 26.4 Å². The zero-order chi connectivity index (χ0) is 13.9. The summed E-state index contributed by atoms with van der Waals surface area (Å²) in [4.78, 5) is 6.33. The molecule has 2 rings (SSSR count). The van der Waals surface area contributed by atoms with E-state index in [2.05, 4.69) is 22.1 Å². The smallest absolute Gasteiger partial charge is 0.154 e. The Hall–Kier alpha value is -1.14. The van der Waals surface area contributed by atoms with Gasteiger partial charge in [-0.15, -0.1) is 0 Å². The normalized spacial score (nSPS) is 22.4. The highest BCUT2D eigenvalue weighted by molar-refractivity contribution is 7.91. The van der Waals surface area contributed by atoms with E-state index in [0.717, 1.165) is 18.8 Å². The summed E-state index contributed by atoms with van der Waals surface area (Å²) in [5, 5.41) is 3.30. The molecule has 6 heteroatoms. The fourth-order valence-electron chi connectivity index (χ4n) is 2.44. The summed E-state index contributed by atoms with van der Waals surface area (Å²) in [6.45, 7) is 6.27. The lowest BCUT2D eigenvalue weighted by atomic mass is 10.1. The van der Waals surface area contributed by atoms with Gasteiger partial charge in [-0.25, -0.2) is 8.42 Å². The van der Waals surface area contributed by atoms with E-state index in [1.54, 1.807) is 6.20 Å². The SMILES string of the molecule is CCNCc1ccncc1N1CCS(=O)(=O)CC1C. The van der Waals surface area contributed by atoms with Crippen molar-refractivity contribution in [2.24, 2.45) is 0 Å². The average Bonchev–Trinajstić information content (AvgIpc) is 2.36. The molecule has 1 fully saturated rings. The fourth-order valence-corrected chi connectivity index (χ4v) is 4.00. The predicted octanol–water partition coefficient (Wildman–Crippen LogP) is 0.814. The number of aromatic nitrogens is 1. The third-order valence-electron chi connectivity index (χ3n) is 3.43. The molecule has 1 aromatic rings. The van der Waals surface area contributed by atoms with Gasteiger partial charge in [0.1, 0.15) is 0 Å². The molecule has 1 unspecified atom stereocenters. The van der Waals surface area contributed by atoms with Gasteiger partial charge in [0.2, 0.25) is 0 Å². The van der Waals surface area contributed by atoms with Crippen molar-refractivity contribution in [3.05, 3.63) is 24.0 Å². The van der Waals surface area contributed by atoms with Gasteiger partial charge in [0.15, 0.2) is 9.84 Å². The Kier molecular flexibility index (Phi) is 4.42. The molecule has 5 nitrogen and oxygen atoms in total. The molecule has 19 heavy (non-hydrogen) atoms. The van der Waals surface area contributed by atoms with Crippen LogP contribution < -0.4 is 10.2 Å². The van der Waals surface area contributed by atoms with Crippen molar-refractivity contribution in [3.8, 4) is 0 Å². The van der Waals surface area contributed by atoms with Crippen molar-refractivity contribution in [1.29, 1.82) is 0 Å². The number of rotatable bonds is 4. The van der Waals surface area contributed by atoms with Crippen LogP contribution in [0, 0.1) is 0 Å². The molecule has 1 aromatic heterocycles. The Morgan fingerprint density at radius 3 is 3.00 bits per heavy atom. The van der Waals surface area contributed by atoms with E-state index in [1.807, 2.05) is 19.2 Å². The summed E-state index contributed by atoms with van der Waals surface area (Å²) < 4.78 is 23.3. The summed E-state index contributed by atoms with van der Waals surface area (Å²) >= 11 is 0. The van der Waals surface area contributed by atoms with E-state index < -0.39 is 9.84 Å². The van der Waals surface area contributed by atoms with E-state index >= 15 is 0 Å². The zero-order valence-corrected chi connectivity index (χ0v) is 12.3. The van der Waals surface area contributed by atoms with E-state index in [-0.39, 0.29) is 17.5 Å². The maximum atomic E-state index is 11.6. The maximum absolute atomic E-state index is 11.6. The third kappa shape index (κ3) is 3.45. The van der Waals surface area contributed by atoms with Gasteiger partial charge in [0.25, 0.3) is 0 Å². The van der Waals surface area contributed by atoms with Crippen LogP contribution in [0.2, 0.25) is 0 Å². The molecule has 0 spiro atoms. The molecule has 0 saturated carbocycles. The molecule has 1 atom stereocenters. The lowest BCUT2D eigenvalue weighted by Crippen LogP contribution is -2.47. The molecule has 1 N–H and O–H groups in total. The topological polar surface area (TPSA) is 62.3 Å². The largest absolute Gasteiger partial charge is 0.365 e. The van der Waals surface area contributed by atoms with Gasteiger partial charge >= 0.3 is 0 Å². The molecular formula is C13H21N3O2S. The second kappa shape index (κ2) is 5.88. The summed E-state index contributed by atoms with van der Waals surface area (Å²) in [5.74, 6) is 0.454. The predicted molar refractivity (Wildman–Crippen MR) is 77.1 cm³/mol. The molecular weight excluding hydrogens is 262 g/mol. The first kappa shape index (κ1) is 14.3. The van der Waals surface area contributed by atoms with E-state index in [0.29, 0.717) is 6.54 Å². The van der Waals surface area contributed by atoms with E-state index in [9.17, 15) is 8.42 Å². The van der Waals surface area contributed by atoms with Crippen LogP contribution in [0.25, 0.3) is 0 Å². The summed E-state index contributed by atoms with van der Waals surface area (Å²) in [5.41, 5.74) is 2.22. The third-order valence-corrected chi connectivity index (χ3v) is 5.23. The number of pyridine rings is 1. The zero-order valence-electron chi connectivity index (χ0n) is 11.5. The van der Waals surface area contributed by atoms with Crippen molar-refractivity contribution in [3.63, 3.8) is 0 Å². The molecule has 0 aliphatic carbocycles. The van der Waals surface area contributed by atoms with Gasteiger partial charge in [-0.05, 0) is 25.1 Å². The molecule has 1 aliphatic heterocycles. The average molecular weight is 283 g/mol. The highest BCUT2D eigenvalue weighted by Crippen LogP contribution is 2.24. The molecule has 106 valence electrons. The van der Waals surface area contributed by atoms with Crippen LogP contribution in [0.3, 0.4) is 0 Å². The van der Waals surface area contributed by atoms with E-state index in [1.165, 1.54) is 5.56 Å². The van der Waals surface area contributed by atoms with Crippen LogP contribution in [0.5, 0.6) is 0 Å². The van der Waals surface area contributed by atoms with Gasteiger partial charge in [0, 0.05) is 25.3 Å². The first-order valence-corrected chi connectivity index (χ1v) is 8.46. The van der Waals surface area contributed by atoms with Crippen LogP contribution >= 0.6 is 0 Å². The van der Waals surface area contributed by atoms with E-state index in [4.69, 9.17) is 0 Å². The molecule has 2 heterocycles. The second-order valence-corrected chi connectivity index (χ2v) is 7.17. The Morgan fingerprint density at radius 2 is 2.32 bits per heavy atom. The first-order valence-electron chi connectivity index (χ1n) is 6.64. The van der Waals surface area contributed by atoms with Crippen LogP contribution in [-0.4, -0.2) is 44.0 Å². The Balaban J connectivity index is 2.22. The molecule has 1 aliphatic rings. The standard InChI is InChI=1S/C13H21N3O2S/c1-3-14-8-12-4-5-15-9-13(12)16-6-7-19(17,18)10-11(16)2/h4-5,9,11,14H,3,6-8,10H2,1-2H3. The van der Waals surface area contributed by atoms with Gasteiger partial charge in [-0.3, -0.25) is 4.98 Å². The van der Waals surface area contributed by atoms with Gasteiger partial charge < -0.3 is 10.2 Å². The second-order valence-electron chi connectivity index (χ2n) is 4.94. The van der Waals surface area contributed by atoms with Crippen molar-refractivity contribution in [2.75, 3.05) is 29.5 Å². The minimum Gasteiger partial charge on any atom is -0.365 e. The van der Waals surface area contributed by atoms with Gasteiger partial charge in [-0.2, -0.15) is 0 Å². The fraction of sp³-hybridized carbons (Fsp3) is 0.615. The van der Waals surface area contributed by atoms with Crippen molar-refractivity contribution < 1.29 is 8.42 Å². The molecule has 0 aromatic carbocycles. The van der Waals surface area contributed by atoms with Crippen molar-refractivity contribution in [1.82, 2.24) is 10.3 Å².